The van der Waals surface area contributed by atoms with Gasteiger partial charge in [0.15, 0.2) is 11.5 Å². The van der Waals surface area contributed by atoms with Crippen LogP contribution in [0.4, 0.5) is 10.1 Å². The molecule has 5 nitrogen and oxygen atoms in total. The van der Waals surface area contributed by atoms with Crippen LogP contribution in [0.3, 0.4) is 0 Å². The number of hydrogen-bond acceptors (Lipinski definition) is 4. The largest absolute Gasteiger partial charge is 0.503 e. The van der Waals surface area contributed by atoms with Gasteiger partial charge in [0, 0.05) is 12.1 Å². The van der Waals surface area contributed by atoms with Gasteiger partial charge in [-0.15, -0.1) is 0 Å². The Labute approximate surface area is 184 Å². The molecule has 32 heavy (non-hydrogen) atoms. The summed E-state index contributed by atoms with van der Waals surface area (Å²) in [4.78, 5) is 27.5. The van der Waals surface area contributed by atoms with Gasteiger partial charge in [-0.25, -0.2) is 4.39 Å². The molecular formula is C26H19FN2O3. The first-order valence-corrected chi connectivity index (χ1v) is 10.1. The van der Waals surface area contributed by atoms with E-state index in [-0.39, 0.29) is 17.8 Å². The van der Waals surface area contributed by atoms with Gasteiger partial charge in [0.1, 0.15) is 5.82 Å². The number of hydrogen-bond donors (Lipinski definition) is 1. The Bertz CT molecular complexity index is 1230. The van der Waals surface area contributed by atoms with Crippen molar-refractivity contribution in [2.24, 2.45) is 0 Å². The minimum absolute atomic E-state index is 0.0121. The first-order chi connectivity index (χ1) is 15.5. The van der Waals surface area contributed by atoms with Gasteiger partial charge in [-0.2, -0.15) is 5.26 Å². The molecule has 4 rings (SSSR count). The Morgan fingerprint density at radius 1 is 1.00 bits per heavy atom. The van der Waals surface area contributed by atoms with Crippen molar-refractivity contribution < 1.29 is 19.1 Å². The molecule has 0 aliphatic carbocycles. The van der Waals surface area contributed by atoms with Crippen LogP contribution in [0.5, 0.6) is 0 Å². The molecule has 6 heteroatoms. The van der Waals surface area contributed by atoms with Crippen molar-refractivity contribution in [2.45, 2.75) is 18.9 Å². The molecule has 0 saturated heterocycles. The van der Waals surface area contributed by atoms with Crippen LogP contribution in [0.15, 0.2) is 90.2 Å². The van der Waals surface area contributed by atoms with E-state index in [1.165, 1.54) is 29.2 Å². The summed E-state index contributed by atoms with van der Waals surface area (Å²) < 4.78 is 13.6. The van der Waals surface area contributed by atoms with E-state index in [4.69, 9.17) is 5.26 Å². The predicted octanol–water partition coefficient (Wildman–Crippen LogP) is 4.80. The highest BCUT2D eigenvalue weighted by Gasteiger charge is 2.44. The smallest absolute Gasteiger partial charge is 0.294 e. The fourth-order valence-electron chi connectivity index (χ4n) is 3.85. The van der Waals surface area contributed by atoms with Crippen LogP contribution in [0.25, 0.3) is 0 Å². The molecule has 3 aromatic carbocycles. The highest BCUT2D eigenvalue weighted by molar-refractivity contribution is 6.16. The number of carbonyl (C=O) groups excluding carboxylic acids is 2. The second kappa shape index (κ2) is 8.86. The topological polar surface area (TPSA) is 81.4 Å². The van der Waals surface area contributed by atoms with E-state index in [0.29, 0.717) is 23.2 Å². The zero-order chi connectivity index (χ0) is 22.7. The number of ketones is 1. The van der Waals surface area contributed by atoms with Gasteiger partial charge in [0.25, 0.3) is 5.91 Å². The summed E-state index contributed by atoms with van der Waals surface area (Å²) in [5.74, 6) is -2.13. The molecular weight excluding hydrogens is 407 g/mol. The molecule has 0 fully saturated rings. The number of rotatable bonds is 6. The zero-order valence-corrected chi connectivity index (χ0v) is 17.0. The fourth-order valence-corrected chi connectivity index (χ4v) is 3.85. The molecule has 0 spiro atoms. The van der Waals surface area contributed by atoms with Crippen molar-refractivity contribution in [3.05, 3.63) is 113 Å². The number of nitriles is 1. The number of carbonyl (C=O) groups is 2. The van der Waals surface area contributed by atoms with Crippen LogP contribution in [-0.4, -0.2) is 16.8 Å². The summed E-state index contributed by atoms with van der Waals surface area (Å²) in [5.41, 5.74) is 2.28. The van der Waals surface area contributed by atoms with Gasteiger partial charge in [-0.05, 0) is 53.9 Å². The van der Waals surface area contributed by atoms with Crippen molar-refractivity contribution >= 4 is 17.4 Å². The fraction of sp³-hybridized carbons (Fsp3) is 0.115. The Morgan fingerprint density at radius 2 is 1.66 bits per heavy atom. The van der Waals surface area contributed by atoms with Gasteiger partial charge in [-0.1, -0.05) is 42.5 Å². The highest BCUT2D eigenvalue weighted by atomic mass is 19.1. The summed E-state index contributed by atoms with van der Waals surface area (Å²) in [6.07, 6.45) is 0.563. The molecule has 1 heterocycles. The third-order valence-electron chi connectivity index (χ3n) is 5.45. The Kier molecular flexibility index (Phi) is 5.82. The minimum atomic E-state index is -0.903. The SMILES string of the molecule is N#Cc1ccc(N2C(=O)C(O)=C(C(=O)CCc3ccccc3)C2c2ccc(F)cc2)cc1. The number of aryl methyl sites for hydroxylation is 1. The molecule has 0 radical (unpaired) electrons. The quantitative estimate of drug-likeness (QED) is 0.614. The number of anilines is 1. The second-order valence-corrected chi connectivity index (χ2v) is 7.46. The number of benzene rings is 3. The minimum Gasteiger partial charge on any atom is -0.503 e. The molecule has 1 aliphatic heterocycles. The van der Waals surface area contributed by atoms with Gasteiger partial charge < -0.3 is 5.11 Å². The molecule has 158 valence electrons. The standard InChI is InChI=1S/C26H19FN2O3/c27-20-11-9-19(10-12-20)24-23(22(30)15-8-17-4-2-1-3-5-17)25(31)26(32)29(24)21-13-6-18(16-28)7-14-21/h1-7,9-14,24,31H,8,15H2. The van der Waals surface area contributed by atoms with Crippen LogP contribution < -0.4 is 4.90 Å². The average molecular weight is 426 g/mol. The van der Waals surface area contributed by atoms with Crippen molar-refractivity contribution in [2.75, 3.05) is 4.90 Å². The molecule has 0 bridgehead atoms. The van der Waals surface area contributed by atoms with E-state index in [2.05, 4.69) is 0 Å². The van der Waals surface area contributed by atoms with Crippen molar-refractivity contribution in [3.63, 3.8) is 0 Å². The van der Waals surface area contributed by atoms with Crippen LogP contribution in [0, 0.1) is 17.1 Å². The normalized spacial score (nSPS) is 15.7. The maximum absolute atomic E-state index is 13.6. The second-order valence-electron chi connectivity index (χ2n) is 7.46. The van der Waals surface area contributed by atoms with Crippen molar-refractivity contribution in [3.8, 4) is 6.07 Å². The van der Waals surface area contributed by atoms with E-state index in [9.17, 15) is 19.1 Å². The summed E-state index contributed by atoms with van der Waals surface area (Å²) in [6, 6.07) is 22.3. The van der Waals surface area contributed by atoms with E-state index >= 15 is 0 Å². The lowest BCUT2D eigenvalue weighted by Gasteiger charge is -2.27. The van der Waals surface area contributed by atoms with Crippen LogP contribution in [-0.2, 0) is 16.0 Å². The van der Waals surface area contributed by atoms with Crippen LogP contribution >= 0.6 is 0 Å². The monoisotopic (exact) mass is 426 g/mol. The van der Waals surface area contributed by atoms with Crippen LogP contribution in [0.2, 0.25) is 0 Å². The molecule has 1 atom stereocenters. The van der Waals surface area contributed by atoms with Gasteiger partial charge in [-0.3, -0.25) is 14.5 Å². The Hall–Kier alpha value is -4.24. The summed E-state index contributed by atoms with van der Waals surface area (Å²) in [5, 5.41) is 19.7. The molecule has 1 aliphatic rings. The molecule has 1 unspecified atom stereocenters. The predicted molar refractivity (Wildman–Crippen MR) is 117 cm³/mol. The van der Waals surface area contributed by atoms with E-state index < -0.39 is 23.5 Å². The number of nitrogens with zero attached hydrogens (tertiary/aromatic N) is 2. The molecule has 0 aromatic heterocycles. The molecule has 3 aromatic rings. The van der Waals surface area contributed by atoms with E-state index in [1.54, 1.807) is 24.3 Å². The Balaban J connectivity index is 1.72. The maximum Gasteiger partial charge on any atom is 0.294 e. The molecule has 0 saturated carbocycles. The van der Waals surface area contributed by atoms with E-state index in [0.717, 1.165) is 5.56 Å². The van der Waals surface area contributed by atoms with Crippen molar-refractivity contribution in [1.82, 2.24) is 0 Å². The van der Waals surface area contributed by atoms with Crippen LogP contribution in [0.1, 0.15) is 29.2 Å². The Morgan fingerprint density at radius 3 is 2.28 bits per heavy atom. The van der Waals surface area contributed by atoms with Crippen molar-refractivity contribution in [1.29, 1.82) is 5.26 Å². The molecule has 1 amide bonds. The van der Waals surface area contributed by atoms with Gasteiger partial charge >= 0.3 is 0 Å². The lowest BCUT2D eigenvalue weighted by molar-refractivity contribution is -0.118. The lowest BCUT2D eigenvalue weighted by Crippen LogP contribution is -2.31. The van der Waals surface area contributed by atoms with Gasteiger partial charge in [0.2, 0.25) is 0 Å². The third kappa shape index (κ3) is 4.01. The number of aliphatic hydroxyl groups excluding tert-OH is 1. The zero-order valence-electron chi connectivity index (χ0n) is 17.0. The lowest BCUT2D eigenvalue weighted by atomic mass is 9.93. The first-order valence-electron chi connectivity index (χ1n) is 10.1. The highest BCUT2D eigenvalue weighted by Crippen LogP contribution is 2.41. The van der Waals surface area contributed by atoms with Gasteiger partial charge in [0.05, 0.1) is 23.2 Å². The first kappa shape index (κ1) is 21.0. The number of aliphatic hydroxyl groups is 1. The molecule has 1 N–H and O–H groups in total. The summed E-state index contributed by atoms with van der Waals surface area (Å²) in [7, 11) is 0. The maximum atomic E-state index is 13.6. The van der Waals surface area contributed by atoms with E-state index in [1.807, 2.05) is 36.4 Å². The number of amides is 1. The summed E-state index contributed by atoms with van der Waals surface area (Å²) in [6.45, 7) is 0. The summed E-state index contributed by atoms with van der Waals surface area (Å²) >= 11 is 0. The number of Topliss-reactive ketones (excluding diaryl/α,β-unsaturated/α-hetero) is 1. The number of halogens is 1. The third-order valence-corrected chi connectivity index (χ3v) is 5.45. The average Bonchev–Trinajstić information content (AvgIpc) is 3.09.